The number of halogens is 2. The first kappa shape index (κ1) is 13.1. The van der Waals surface area contributed by atoms with Gasteiger partial charge in [-0.1, -0.05) is 0 Å². The van der Waals surface area contributed by atoms with Gasteiger partial charge in [0, 0.05) is 22.4 Å². The van der Waals surface area contributed by atoms with E-state index in [-0.39, 0.29) is 5.82 Å². The van der Waals surface area contributed by atoms with Gasteiger partial charge in [-0.3, -0.25) is 0 Å². The highest BCUT2D eigenvalue weighted by molar-refractivity contribution is 14.1. The van der Waals surface area contributed by atoms with Crippen LogP contribution in [0.2, 0.25) is 0 Å². The zero-order valence-corrected chi connectivity index (χ0v) is 12.0. The summed E-state index contributed by atoms with van der Waals surface area (Å²) in [5.74, 6) is -0.178. The highest BCUT2D eigenvalue weighted by atomic mass is 127. The number of hydrogen-bond donors (Lipinski definition) is 1. The van der Waals surface area contributed by atoms with E-state index < -0.39 is 0 Å². The number of nitrogens with one attached hydrogen (secondary N) is 1. The van der Waals surface area contributed by atoms with Crippen LogP contribution < -0.4 is 5.32 Å². The standard InChI is InChI=1S/C13H17FINO/c1-17-11-5-3-10(4-6-11)16-13-7-2-9(14)8-12(13)15/h2,7-8,10-11,16H,3-6H2,1H3. The van der Waals surface area contributed by atoms with Crippen molar-refractivity contribution < 1.29 is 9.13 Å². The molecule has 0 saturated heterocycles. The third-order valence-corrected chi connectivity index (χ3v) is 4.19. The molecule has 1 fully saturated rings. The van der Waals surface area contributed by atoms with Gasteiger partial charge in [-0.2, -0.15) is 0 Å². The van der Waals surface area contributed by atoms with E-state index in [9.17, 15) is 4.39 Å². The third-order valence-electron chi connectivity index (χ3n) is 3.30. The molecular formula is C13H17FINO. The molecule has 0 unspecified atom stereocenters. The van der Waals surface area contributed by atoms with Crippen molar-refractivity contribution in [1.82, 2.24) is 0 Å². The molecule has 1 saturated carbocycles. The van der Waals surface area contributed by atoms with Crippen LogP contribution in [0.4, 0.5) is 10.1 Å². The fourth-order valence-electron chi connectivity index (χ4n) is 2.27. The van der Waals surface area contributed by atoms with Gasteiger partial charge in [-0.25, -0.2) is 4.39 Å². The SMILES string of the molecule is COC1CCC(Nc2ccc(F)cc2I)CC1. The van der Waals surface area contributed by atoms with Crippen LogP contribution in [-0.2, 0) is 4.74 Å². The van der Waals surface area contributed by atoms with Crippen molar-refractivity contribution in [2.24, 2.45) is 0 Å². The molecule has 17 heavy (non-hydrogen) atoms. The number of rotatable bonds is 3. The fraction of sp³-hybridized carbons (Fsp3) is 0.538. The van der Waals surface area contributed by atoms with E-state index >= 15 is 0 Å². The van der Waals surface area contributed by atoms with Gasteiger partial charge < -0.3 is 10.1 Å². The minimum Gasteiger partial charge on any atom is -0.381 e. The maximum absolute atomic E-state index is 13.0. The summed E-state index contributed by atoms with van der Waals surface area (Å²) < 4.78 is 19.3. The molecule has 2 rings (SSSR count). The Morgan fingerprint density at radius 1 is 1.29 bits per heavy atom. The summed E-state index contributed by atoms with van der Waals surface area (Å²) in [6.45, 7) is 0. The lowest BCUT2D eigenvalue weighted by atomic mass is 9.93. The minimum absolute atomic E-state index is 0.178. The van der Waals surface area contributed by atoms with E-state index in [1.165, 1.54) is 6.07 Å². The normalized spacial score (nSPS) is 24.6. The maximum atomic E-state index is 13.0. The minimum atomic E-state index is -0.178. The summed E-state index contributed by atoms with van der Waals surface area (Å²) in [7, 11) is 1.78. The first-order valence-corrected chi connectivity index (χ1v) is 7.01. The smallest absolute Gasteiger partial charge is 0.124 e. The molecule has 4 heteroatoms. The average molecular weight is 349 g/mol. The van der Waals surface area contributed by atoms with Crippen molar-refractivity contribution in [3.63, 3.8) is 0 Å². The van der Waals surface area contributed by atoms with Crippen LogP contribution in [0, 0.1) is 9.39 Å². The monoisotopic (exact) mass is 349 g/mol. The third kappa shape index (κ3) is 3.55. The molecule has 1 aromatic carbocycles. The van der Waals surface area contributed by atoms with E-state index in [1.54, 1.807) is 13.2 Å². The predicted molar refractivity (Wildman–Crippen MR) is 75.8 cm³/mol. The molecule has 1 aliphatic carbocycles. The largest absolute Gasteiger partial charge is 0.381 e. The van der Waals surface area contributed by atoms with Crippen LogP contribution in [0.5, 0.6) is 0 Å². The molecule has 94 valence electrons. The van der Waals surface area contributed by atoms with Crippen LogP contribution in [0.15, 0.2) is 18.2 Å². The molecule has 0 aliphatic heterocycles. The second-order valence-electron chi connectivity index (χ2n) is 4.48. The fourth-order valence-corrected chi connectivity index (χ4v) is 2.90. The summed E-state index contributed by atoms with van der Waals surface area (Å²) in [5.41, 5.74) is 1.04. The Balaban J connectivity index is 1.93. The topological polar surface area (TPSA) is 21.3 Å². The van der Waals surface area contributed by atoms with Crippen LogP contribution in [0.25, 0.3) is 0 Å². The quantitative estimate of drug-likeness (QED) is 0.839. The zero-order valence-electron chi connectivity index (χ0n) is 9.88. The first-order chi connectivity index (χ1) is 8.19. The summed E-state index contributed by atoms with van der Waals surface area (Å²) in [5, 5.41) is 3.49. The van der Waals surface area contributed by atoms with Crippen molar-refractivity contribution in [3.05, 3.63) is 27.6 Å². The number of benzene rings is 1. The highest BCUT2D eigenvalue weighted by Gasteiger charge is 2.20. The van der Waals surface area contributed by atoms with Gasteiger partial charge in [0.2, 0.25) is 0 Å². The van der Waals surface area contributed by atoms with Gasteiger partial charge in [0.25, 0.3) is 0 Å². The molecule has 1 aromatic rings. The Morgan fingerprint density at radius 2 is 2.00 bits per heavy atom. The molecule has 0 bridgehead atoms. The van der Waals surface area contributed by atoms with Crippen molar-refractivity contribution in [3.8, 4) is 0 Å². The Hall–Kier alpha value is -0.360. The molecule has 1 aliphatic rings. The molecule has 0 aromatic heterocycles. The molecule has 0 amide bonds. The van der Waals surface area contributed by atoms with Crippen molar-refractivity contribution in [1.29, 1.82) is 0 Å². The molecular weight excluding hydrogens is 332 g/mol. The number of ether oxygens (including phenoxy) is 1. The number of hydrogen-bond acceptors (Lipinski definition) is 2. The van der Waals surface area contributed by atoms with Crippen LogP contribution in [-0.4, -0.2) is 19.3 Å². The summed E-state index contributed by atoms with van der Waals surface area (Å²) in [6.07, 6.45) is 4.86. The zero-order chi connectivity index (χ0) is 12.3. The second-order valence-corrected chi connectivity index (χ2v) is 5.64. The summed E-state index contributed by atoms with van der Waals surface area (Å²) in [4.78, 5) is 0. The van der Waals surface area contributed by atoms with Gasteiger partial charge in [0.05, 0.1) is 6.10 Å². The van der Waals surface area contributed by atoms with E-state index in [4.69, 9.17) is 4.74 Å². The predicted octanol–water partition coefficient (Wildman–Crippen LogP) is 3.80. The average Bonchev–Trinajstić information content (AvgIpc) is 2.34. The van der Waals surface area contributed by atoms with E-state index in [2.05, 4.69) is 27.9 Å². The van der Waals surface area contributed by atoms with Crippen LogP contribution in [0.3, 0.4) is 0 Å². The van der Waals surface area contributed by atoms with E-state index in [0.29, 0.717) is 12.1 Å². The highest BCUT2D eigenvalue weighted by Crippen LogP contribution is 2.26. The lowest BCUT2D eigenvalue weighted by Crippen LogP contribution is -2.29. The van der Waals surface area contributed by atoms with Gasteiger partial charge in [-0.05, 0) is 66.5 Å². The maximum Gasteiger partial charge on any atom is 0.124 e. The van der Waals surface area contributed by atoms with Crippen molar-refractivity contribution in [2.75, 3.05) is 12.4 Å². The van der Waals surface area contributed by atoms with Gasteiger partial charge in [-0.15, -0.1) is 0 Å². The number of anilines is 1. The van der Waals surface area contributed by atoms with Gasteiger partial charge >= 0.3 is 0 Å². The van der Waals surface area contributed by atoms with E-state index in [1.807, 2.05) is 6.07 Å². The van der Waals surface area contributed by atoms with Gasteiger partial charge in [0.1, 0.15) is 5.82 Å². The van der Waals surface area contributed by atoms with Gasteiger partial charge in [0.15, 0.2) is 0 Å². The molecule has 1 N–H and O–H groups in total. The van der Waals surface area contributed by atoms with Crippen molar-refractivity contribution >= 4 is 28.3 Å². The van der Waals surface area contributed by atoms with E-state index in [0.717, 1.165) is 34.9 Å². The van der Waals surface area contributed by atoms with Crippen LogP contribution in [0.1, 0.15) is 25.7 Å². The Morgan fingerprint density at radius 3 is 2.59 bits per heavy atom. The Kier molecular flexibility index (Phi) is 4.62. The molecule has 0 spiro atoms. The lowest BCUT2D eigenvalue weighted by Gasteiger charge is -2.29. The first-order valence-electron chi connectivity index (χ1n) is 5.93. The van der Waals surface area contributed by atoms with Crippen LogP contribution >= 0.6 is 22.6 Å². The Labute approximate surface area is 115 Å². The molecule has 0 atom stereocenters. The molecule has 0 heterocycles. The summed E-state index contributed by atoms with van der Waals surface area (Å²) >= 11 is 2.17. The van der Waals surface area contributed by atoms with Crippen molar-refractivity contribution in [2.45, 2.75) is 37.8 Å². The summed E-state index contributed by atoms with van der Waals surface area (Å²) in [6, 6.07) is 5.37. The second kappa shape index (κ2) is 6.00. The lowest BCUT2D eigenvalue weighted by molar-refractivity contribution is 0.0682. The molecule has 2 nitrogen and oxygen atoms in total. The molecule has 0 radical (unpaired) electrons. The number of methoxy groups -OCH3 is 1. The Bertz CT molecular complexity index is 378.